The van der Waals surface area contributed by atoms with E-state index in [1.54, 1.807) is 114 Å². The second-order valence-corrected chi connectivity index (χ2v) is 20.2. The molecule has 8 rings (SSSR count). The van der Waals surface area contributed by atoms with Crippen molar-refractivity contribution in [2.24, 2.45) is 10.8 Å². The smallest absolute Gasteiger partial charge is 0.311 e. The maximum atomic E-state index is 13.2. The molecule has 0 fully saturated rings. The maximum Gasteiger partial charge on any atom is 0.311 e. The number of hydrogen-bond donors (Lipinski definition) is 4. The maximum absolute atomic E-state index is 13.2. The molecule has 6 atom stereocenters. The van der Waals surface area contributed by atoms with Crippen molar-refractivity contribution < 1.29 is 49.1 Å². The number of halogens is 4. The van der Waals surface area contributed by atoms with Gasteiger partial charge in [-0.25, -0.2) is 0 Å². The normalized spacial score (nSPS) is 28.0. The first-order valence-corrected chi connectivity index (χ1v) is 20.6. The van der Waals surface area contributed by atoms with Crippen LogP contribution in [0.3, 0.4) is 0 Å². The van der Waals surface area contributed by atoms with E-state index < -0.39 is 68.9 Å². The molecule has 0 amide bonds. The Morgan fingerprint density at radius 1 is 0.518 bits per heavy atom. The van der Waals surface area contributed by atoms with Crippen LogP contribution in [-0.2, 0) is 41.5 Å². The minimum absolute atomic E-state index is 0.207. The number of rotatable bonds is 2. The SMILES string of the molecule is CC(C)(C)C(=O)O[C@@H]1c2cc(Br)ccc2[C@@]2(O)C(=O)c3ccc(Br)cc3[C@@]12O.CC(C)(C)C(=O)O[C@H]1c2cc(Br)ccc2[C@]2(O)C(=O)c3ccc(Br)cc3[C@]12O. The lowest BCUT2D eigenvalue weighted by Gasteiger charge is -2.36. The van der Waals surface area contributed by atoms with Crippen LogP contribution in [0.4, 0.5) is 0 Å². The van der Waals surface area contributed by atoms with E-state index in [-0.39, 0.29) is 33.4 Å². The number of benzene rings is 4. The van der Waals surface area contributed by atoms with E-state index in [0.29, 0.717) is 29.0 Å². The predicted octanol–water partition coefficient (Wildman–Crippen LogP) is 8.25. The number of esters is 2. The molecule has 0 unspecified atom stereocenters. The van der Waals surface area contributed by atoms with Crippen LogP contribution in [0.5, 0.6) is 0 Å². The lowest BCUT2D eigenvalue weighted by molar-refractivity contribution is -0.201. The van der Waals surface area contributed by atoms with Crippen molar-refractivity contribution in [1.82, 2.24) is 0 Å². The molecule has 14 heteroatoms. The number of carbonyl (C=O) groups is 4. The summed E-state index contributed by atoms with van der Waals surface area (Å²) in [5.41, 5.74) is -8.25. The summed E-state index contributed by atoms with van der Waals surface area (Å²) < 4.78 is 14.1. The third-order valence-corrected chi connectivity index (χ3v) is 12.8. The average Bonchev–Trinajstić information content (AvgIpc) is 3.57. The Bertz CT molecular complexity index is 2250. The molecule has 4 aromatic rings. The second kappa shape index (κ2) is 13.2. The highest BCUT2D eigenvalue weighted by Gasteiger charge is 2.74. The highest BCUT2D eigenvalue weighted by molar-refractivity contribution is 9.11. The lowest BCUT2D eigenvalue weighted by Crippen LogP contribution is -2.49. The van der Waals surface area contributed by atoms with Gasteiger partial charge in [-0.05, 0) is 102 Å². The molecule has 4 aromatic carbocycles. The van der Waals surface area contributed by atoms with Gasteiger partial charge in [-0.3, -0.25) is 19.2 Å². The van der Waals surface area contributed by atoms with Crippen molar-refractivity contribution >= 4 is 87.2 Å². The van der Waals surface area contributed by atoms with Gasteiger partial charge in [-0.1, -0.05) is 75.9 Å². The highest BCUT2D eigenvalue weighted by atomic mass is 79.9. The van der Waals surface area contributed by atoms with Crippen LogP contribution < -0.4 is 0 Å². The molecule has 292 valence electrons. The van der Waals surface area contributed by atoms with Gasteiger partial charge in [-0.2, -0.15) is 0 Å². The van der Waals surface area contributed by atoms with Crippen LogP contribution in [0.2, 0.25) is 0 Å². The molecule has 0 saturated heterocycles. The van der Waals surface area contributed by atoms with Crippen molar-refractivity contribution in [2.45, 2.75) is 76.2 Å². The summed E-state index contributed by atoms with van der Waals surface area (Å²) in [6, 6.07) is 19.5. The summed E-state index contributed by atoms with van der Waals surface area (Å²) in [5, 5.41) is 46.8. The number of ketones is 2. The Labute approximate surface area is 356 Å². The molecule has 0 spiro atoms. The molecule has 4 aliphatic rings. The second-order valence-electron chi connectivity index (χ2n) is 16.5. The van der Waals surface area contributed by atoms with Crippen LogP contribution in [0.25, 0.3) is 0 Å². The Morgan fingerprint density at radius 3 is 1.14 bits per heavy atom. The van der Waals surface area contributed by atoms with Gasteiger partial charge in [0.05, 0.1) is 10.8 Å². The zero-order valence-corrected chi connectivity index (χ0v) is 37.2. The summed E-state index contributed by atoms with van der Waals surface area (Å²) in [7, 11) is 0. The van der Waals surface area contributed by atoms with Crippen LogP contribution in [0.15, 0.2) is 90.7 Å². The van der Waals surface area contributed by atoms with E-state index in [1.165, 1.54) is 0 Å². The van der Waals surface area contributed by atoms with Crippen molar-refractivity contribution in [3.63, 3.8) is 0 Å². The number of aliphatic hydroxyl groups is 4. The monoisotopic (exact) mass is 1020 g/mol. The van der Waals surface area contributed by atoms with E-state index in [1.807, 2.05) is 0 Å². The van der Waals surface area contributed by atoms with Crippen LogP contribution >= 0.6 is 63.7 Å². The Kier molecular flexibility index (Phi) is 9.70. The molecule has 4 aliphatic carbocycles. The number of carbonyl (C=O) groups excluding carboxylic acids is 4. The molecule has 0 saturated carbocycles. The van der Waals surface area contributed by atoms with Gasteiger partial charge < -0.3 is 29.9 Å². The Balaban J connectivity index is 0.000000172. The fourth-order valence-electron chi connectivity index (χ4n) is 7.98. The van der Waals surface area contributed by atoms with E-state index in [9.17, 15) is 39.6 Å². The number of hydrogen-bond acceptors (Lipinski definition) is 10. The largest absolute Gasteiger partial charge is 0.453 e. The third-order valence-electron chi connectivity index (χ3n) is 10.8. The average molecular weight is 1020 g/mol. The van der Waals surface area contributed by atoms with Crippen LogP contribution in [0, 0.1) is 10.8 Å². The molecule has 56 heavy (non-hydrogen) atoms. The first-order valence-electron chi connectivity index (χ1n) is 17.5. The van der Waals surface area contributed by atoms with Gasteiger partial charge >= 0.3 is 11.9 Å². The van der Waals surface area contributed by atoms with Crippen molar-refractivity contribution in [2.75, 3.05) is 0 Å². The van der Waals surface area contributed by atoms with Crippen LogP contribution in [0.1, 0.15) is 108 Å². The topological polar surface area (TPSA) is 168 Å². The summed E-state index contributed by atoms with van der Waals surface area (Å²) in [5.74, 6) is -2.32. The fourth-order valence-corrected chi connectivity index (χ4v) is 9.46. The van der Waals surface area contributed by atoms with Gasteiger partial charge in [-0.15, -0.1) is 0 Å². The minimum Gasteiger partial charge on any atom is -0.453 e. The first-order chi connectivity index (χ1) is 25.8. The van der Waals surface area contributed by atoms with Gasteiger partial charge in [0.2, 0.25) is 11.6 Å². The highest BCUT2D eigenvalue weighted by Crippen LogP contribution is 2.65. The van der Waals surface area contributed by atoms with E-state index >= 15 is 0 Å². The molecular formula is C42H36Br4O10. The lowest BCUT2D eigenvalue weighted by atomic mass is 9.82. The first kappa shape index (κ1) is 41.1. The Hall–Kier alpha value is -3.08. The Morgan fingerprint density at radius 2 is 0.821 bits per heavy atom. The third kappa shape index (κ3) is 5.57. The van der Waals surface area contributed by atoms with Gasteiger partial charge in [0.25, 0.3) is 0 Å². The number of ether oxygens (including phenoxy) is 2. The minimum atomic E-state index is -2.24. The summed E-state index contributed by atoms with van der Waals surface area (Å²) in [6.45, 7) is 10.2. The van der Waals surface area contributed by atoms with Crippen molar-refractivity contribution in [3.8, 4) is 0 Å². The fraction of sp³-hybridized carbons (Fsp3) is 0.333. The van der Waals surface area contributed by atoms with Gasteiger partial charge in [0, 0.05) is 62.4 Å². The summed E-state index contributed by atoms with van der Waals surface area (Å²) in [4.78, 5) is 51.8. The molecule has 4 N–H and O–H groups in total. The summed E-state index contributed by atoms with van der Waals surface area (Å²) in [6.07, 6.45) is -2.48. The van der Waals surface area contributed by atoms with Crippen molar-refractivity contribution in [3.05, 3.63) is 135 Å². The quantitative estimate of drug-likeness (QED) is 0.144. The van der Waals surface area contributed by atoms with Crippen LogP contribution in [-0.4, -0.2) is 43.9 Å². The van der Waals surface area contributed by atoms with Gasteiger partial charge in [0.15, 0.2) is 34.6 Å². The molecule has 0 bridgehead atoms. The molecule has 0 radical (unpaired) electrons. The molecule has 0 aliphatic heterocycles. The van der Waals surface area contributed by atoms with Gasteiger partial charge in [0.1, 0.15) is 0 Å². The predicted molar refractivity (Wildman–Crippen MR) is 217 cm³/mol. The number of Topliss-reactive ketones (excluding diaryl/α,β-unsaturated/α-hetero) is 2. The number of fused-ring (bicyclic) bond motifs is 10. The molecule has 0 heterocycles. The summed E-state index contributed by atoms with van der Waals surface area (Å²) >= 11 is 13.5. The van der Waals surface area contributed by atoms with Crippen molar-refractivity contribution in [1.29, 1.82) is 0 Å². The van der Waals surface area contributed by atoms with E-state index in [4.69, 9.17) is 9.47 Å². The van der Waals surface area contributed by atoms with E-state index in [2.05, 4.69) is 63.7 Å². The van der Waals surface area contributed by atoms with E-state index in [0.717, 1.165) is 0 Å². The molecule has 0 aromatic heterocycles. The zero-order chi connectivity index (χ0) is 41.3. The molecule has 10 nitrogen and oxygen atoms in total. The zero-order valence-electron chi connectivity index (χ0n) is 30.8. The molecular weight excluding hydrogens is 984 g/mol. The standard InChI is InChI=1S/2C21H18Br2O5/c2*1-19(2,3)18(25)28-17-13-8-10(22)5-7-14(13)20(26)16(24)12-6-4-11(23)9-15(12)21(17,20)27/h2*4-9,17,26-27H,1-3H3/t2*17-,20-,21-/m10/s1.